The number of rotatable bonds is 7. The molecule has 0 bridgehead atoms. The monoisotopic (exact) mass is 395 g/mol. The minimum absolute atomic E-state index is 0.0963. The molecular formula is C28H29NO. The molecule has 1 N–H and O–H groups in total. The van der Waals surface area contributed by atoms with E-state index in [4.69, 9.17) is 0 Å². The van der Waals surface area contributed by atoms with E-state index in [1.807, 2.05) is 55.5 Å². The van der Waals surface area contributed by atoms with Gasteiger partial charge in [0.25, 0.3) is 5.91 Å². The quantitative estimate of drug-likeness (QED) is 0.428. The summed E-state index contributed by atoms with van der Waals surface area (Å²) in [5, 5.41) is 3.02. The Morgan fingerprint density at radius 3 is 2.17 bits per heavy atom. The van der Waals surface area contributed by atoms with Crippen LogP contribution in [0.1, 0.15) is 46.5 Å². The second kappa shape index (κ2) is 9.89. The van der Waals surface area contributed by atoms with Crippen LogP contribution in [0.5, 0.6) is 0 Å². The number of carbonyl (C=O) groups is 1. The Morgan fingerprint density at radius 1 is 0.900 bits per heavy atom. The van der Waals surface area contributed by atoms with Gasteiger partial charge in [-0.25, -0.2) is 0 Å². The SMILES string of the molecule is C=C(C)/C=C(/C)c1cc(NC(=O)c2ccc(CCc3ccccc3)cc2)ccc1C. The van der Waals surface area contributed by atoms with Gasteiger partial charge in [-0.05, 0) is 85.7 Å². The van der Waals surface area contributed by atoms with E-state index >= 15 is 0 Å². The van der Waals surface area contributed by atoms with Gasteiger partial charge >= 0.3 is 0 Å². The first-order valence-electron chi connectivity index (χ1n) is 10.3. The molecule has 0 aromatic heterocycles. The van der Waals surface area contributed by atoms with Gasteiger partial charge in [0.15, 0.2) is 0 Å². The number of hydrogen-bond acceptors (Lipinski definition) is 1. The molecule has 0 radical (unpaired) electrons. The number of allylic oxidation sites excluding steroid dienone is 3. The van der Waals surface area contributed by atoms with Gasteiger partial charge in [-0.15, -0.1) is 0 Å². The lowest BCUT2D eigenvalue weighted by molar-refractivity contribution is 0.102. The lowest BCUT2D eigenvalue weighted by Gasteiger charge is -2.11. The van der Waals surface area contributed by atoms with Crippen molar-refractivity contribution >= 4 is 17.2 Å². The fourth-order valence-corrected chi connectivity index (χ4v) is 3.53. The summed E-state index contributed by atoms with van der Waals surface area (Å²) in [4.78, 5) is 12.7. The Labute approximate surface area is 180 Å². The molecule has 3 aromatic carbocycles. The Kier molecular flexibility index (Phi) is 7.03. The van der Waals surface area contributed by atoms with Crippen LogP contribution in [0.15, 0.2) is 91.0 Å². The third-order valence-corrected chi connectivity index (χ3v) is 5.14. The first kappa shape index (κ1) is 21.3. The van der Waals surface area contributed by atoms with Crippen LogP contribution in [0.4, 0.5) is 5.69 Å². The lowest BCUT2D eigenvalue weighted by atomic mass is 9.99. The van der Waals surface area contributed by atoms with Gasteiger partial charge < -0.3 is 5.32 Å². The van der Waals surface area contributed by atoms with Crippen LogP contribution in [-0.4, -0.2) is 5.91 Å². The third-order valence-electron chi connectivity index (χ3n) is 5.14. The van der Waals surface area contributed by atoms with Crippen LogP contribution < -0.4 is 5.32 Å². The maximum atomic E-state index is 12.7. The van der Waals surface area contributed by atoms with E-state index in [1.165, 1.54) is 16.7 Å². The number of hydrogen-bond donors (Lipinski definition) is 1. The highest BCUT2D eigenvalue weighted by Crippen LogP contribution is 2.24. The molecule has 0 saturated carbocycles. The number of aryl methyl sites for hydroxylation is 3. The van der Waals surface area contributed by atoms with E-state index in [2.05, 4.69) is 56.1 Å². The molecular weight excluding hydrogens is 366 g/mol. The molecule has 30 heavy (non-hydrogen) atoms. The lowest BCUT2D eigenvalue weighted by Crippen LogP contribution is -2.12. The van der Waals surface area contributed by atoms with Crippen molar-refractivity contribution in [3.8, 4) is 0 Å². The summed E-state index contributed by atoms with van der Waals surface area (Å²) >= 11 is 0. The van der Waals surface area contributed by atoms with Gasteiger partial charge in [-0.1, -0.05) is 66.8 Å². The number of amides is 1. The zero-order valence-electron chi connectivity index (χ0n) is 18.0. The van der Waals surface area contributed by atoms with Gasteiger partial charge in [-0.2, -0.15) is 0 Å². The van der Waals surface area contributed by atoms with Crippen molar-refractivity contribution in [3.05, 3.63) is 119 Å². The molecule has 3 aromatic rings. The predicted molar refractivity (Wildman–Crippen MR) is 128 cm³/mol. The van der Waals surface area contributed by atoms with Crippen LogP contribution in [0.2, 0.25) is 0 Å². The summed E-state index contributed by atoms with van der Waals surface area (Å²) in [6.45, 7) is 10.1. The Morgan fingerprint density at radius 2 is 1.53 bits per heavy atom. The second-order valence-electron chi connectivity index (χ2n) is 7.84. The molecule has 1 amide bonds. The van der Waals surface area contributed by atoms with Gasteiger partial charge in [-0.3, -0.25) is 4.79 Å². The number of nitrogens with one attached hydrogen (secondary N) is 1. The summed E-state index contributed by atoms with van der Waals surface area (Å²) in [5.41, 5.74) is 8.45. The highest BCUT2D eigenvalue weighted by Gasteiger charge is 2.09. The van der Waals surface area contributed by atoms with E-state index in [1.54, 1.807) is 0 Å². The number of carbonyl (C=O) groups excluding carboxylic acids is 1. The first-order valence-corrected chi connectivity index (χ1v) is 10.3. The Balaban J connectivity index is 1.66. The molecule has 0 aliphatic heterocycles. The third kappa shape index (κ3) is 5.81. The minimum Gasteiger partial charge on any atom is -0.322 e. The van der Waals surface area contributed by atoms with Crippen molar-refractivity contribution in [2.75, 3.05) is 5.32 Å². The summed E-state index contributed by atoms with van der Waals surface area (Å²) in [6, 6.07) is 24.3. The van der Waals surface area contributed by atoms with Gasteiger partial charge in [0.1, 0.15) is 0 Å². The smallest absolute Gasteiger partial charge is 0.255 e. The molecule has 0 aliphatic carbocycles. The van der Waals surface area contributed by atoms with Crippen LogP contribution in [-0.2, 0) is 12.8 Å². The van der Waals surface area contributed by atoms with Crippen molar-refractivity contribution in [2.45, 2.75) is 33.6 Å². The molecule has 0 saturated heterocycles. The largest absolute Gasteiger partial charge is 0.322 e. The fraction of sp³-hybridized carbons (Fsp3) is 0.179. The van der Waals surface area contributed by atoms with Crippen LogP contribution in [0.3, 0.4) is 0 Å². The Bertz CT molecular complexity index is 1060. The highest BCUT2D eigenvalue weighted by molar-refractivity contribution is 6.04. The van der Waals surface area contributed by atoms with Crippen molar-refractivity contribution in [3.63, 3.8) is 0 Å². The fourth-order valence-electron chi connectivity index (χ4n) is 3.53. The average molecular weight is 396 g/mol. The predicted octanol–water partition coefficient (Wildman–Crippen LogP) is 7.01. The van der Waals surface area contributed by atoms with Crippen molar-refractivity contribution in [2.24, 2.45) is 0 Å². The summed E-state index contributed by atoms with van der Waals surface area (Å²) in [6.07, 6.45) is 4.01. The van der Waals surface area contributed by atoms with Gasteiger partial charge in [0.05, 0.1) is 0 Å². The van der Waals surface area contributed by atoms with E-state index in [9.17, 15) is 4.79 Å². The molecule has 0 aliphatic rings. The standard InChI is InChI=1S/C28H29NO/c1-20(2)18-22(4)27-19-26(17-10-21(27)3)29-28(30)25-15-13-24(14-16-25)12-11-23-8-6-5-7-9-23/h5-10,13-19H,1,11-12H2,2-4H3,(H,29,30)/b22-18-. The minimum atomic E-state index is -0.0963. The normalized spacial score (nSPS) is 11.2. The molecule has 0 heterocycles. The Hall–Kier alpha value is -3.39. The average Bonchev–Trinajstić information content (AvgIpc) is 2.74. The van der Waals surface area contributed by atoms with E-state index in [0.29, 0.717) is 5.56 Å². The van der Waals surface area contributed by atoms with E-state index in [-0.39, 0.29) is 5.91 Å². The van der Waals surface area contributed by atoms with Gasteiger partial charge in [0.2, 0.25) is 0 Å². The maximum Gasteiger partial charge on any atom is 0.255 e. The summed E-state index contributed by atoms with van der Waals surface area (Å²) < 4.78 is 0. The van der Waals surface area contributed by atoms with E-state index in [0.717, 1.165) is 35.2 Å². The van der Waals surface area contributed by atoms with E-state index < -0.39 is 0 Å². The molecule has 0 fully saturated rings. The van der Waals surface area contributed by atoms with Crippen LogP contribution in [0.25, 0.3) is 5.57 Å². The number of benzene rings is 3. The topological polar surface area (TPSA) is 29.1 Å². The zero-order chi connectivity index (χ0) is 21.5. The number of anilines is 1. The maximum absolute atomic E-state index is 12.7. The molecule has 2 nitrogen and oxygen atoms in total. The summed E-state index contributed by atoms with van der Waals surface area (Å²) in [7, 11) is 0. The highest BCUT2D eigenvalue weighted by atomic mass is 16.1. The summed E-state index contributed by atoms with van der Waals surface area (Å²) in [5.74, 6) is -0.0963. The first-order chi connectivity index (χ1) is 14.4. The molecule has 2 heteroatoms. The van der Waals surface area contributed by atoms with Crippen molar-refractivity contribution in [1.29, 1.82) is 0 Å². The second-order valence-corrected chi connectivity index (χ2v) is 7.84. The van der Waals surface area contributed by atoms with Gasteiger partial charge in [0, 0.05) is 11.3 Å². The molecule has 3 rings (SSSR count). The molecule has 152 valence electrons. The van der Waals surface area contributed by atoms with Crippen LogP contribution >= 0.6 is 0 Å². The van der Waals surface area contributed by atoms with Crippen molar-refractivity contribution < 1.29 is 4.79 Å². The zero-order valence-corrected chi connectivity index (χ0v) is 18.0. The molecule has 0 atom stereocenters. The molecule has 0 unspecified atom stereocenters. The molecule has 0 spiro atoms. The van der Waals surface area contributed by atoms with Crippen molar-refractivity contribution in [1.82, 2.24) is 0 Å². The van der Waals surface area contributed by atoms with Crippen LogP contribution in [0, 0.1) is 6.92 Å².